The fraction of sp³-hybridized carbons (Fsp3) is 0.308. The molecule has 1 aromatic heterocycles. The molecule has 0 N–H and O–H groups in total. The second-order valence-electron chi connectivity index (χ2n) is 4.19. The van der Waals surface area contributed by atoms with Gasteiger partial charge < -0.3 is 4.74 Å². The van der Waals surface area contributed by atoms with Crippen LogP contribution in [0.25, 0.3) is 5.69 Å². The van der Waals surface area contributed by atoms with Gasteiger partial charge in [-0.05, 0) is 23.6 Å². The first-order chi connectivity index (χ1) is 8.11. The summed E-state index contributed by atoms with van der Waals surface area (Å²) in [5, 5.41) is 4.21. The smallest absolute Gasteiger partial charge is 0.167 e. The van der Waals surface area contributed by atoms with Crippen LogP contribution in [-0.4, -0.2) is 16.9 Å². The van der Waals surface area contributed by atoms with Crippen LogP contribution < -0.4 is 4.74 Å². The molecule has 0 saturated heterocycles. The standard InChI is InChI=1S/C13H15FN2O/c1-9(2)10-7-15-16(8-10)11-4-5-13(17-3)12(14)6-11/h4-9H,1-3H3. The quantitative estimate of drug-likeness (QED) is 0.815. The summed E-state index contributed by atoms with van der Waals surface area (Å²) in [6.45, 7) is 4.19. The number of methoxy groups -OCH3 is 1. The molecule has 2 rings (SSSR count). The van der Waals surface area contributed by atoms with Gasteiger partial charge in [-0.15, -0.1) is 0 Å². The van der Waals surface area contributed by atoms with Crippen molar-refractivity contribution in [3.05, 3.63) is 42.0 Å². The number of aromatic nitrogens is 2. The zero-order valence-electron chi connectivity index (χ0n) is 10.1. The first-order valence-corrected chi connectivity index (χ1v) is 5.50. The summed E-state index contributed by atoms with van der Waals surface area (Å²) in [6, 6.07) is 4.79. The molecule has 17 heavy (non-hydrogen) atoms. The fourth-order valence-electron chi connectivity index (χ4n) is 1.57. The average molecular weight is 234 g/mol. The van der Waals surface area contributed by atoms with Crippen molar-refractivity contribution in [1.29, 1.82) is 0 Å². The number of benzene rings is 1. The average Bonchev–Trinajstić information content (AvgIpc) is 2.78. The summed E-state index contributed by atoms with van der Waals surface area (Å²) >= 11 is 0. The lowest BCUT2D eigenvalue weighted by Crippen LogP contribution is -1.96. The number of ether oxygens (including phenoxy) is 1. The first kappa shape index (κ1) is 11.6. The molecule has 0 bridgehead atoms. The molecule has 4 heteroatoms. The summed E-state index contributed by atoms with van der Waals surface area (Å²) in [4.78, 5) is 0. The number of hydrogen-bond acceptors (Lipinski definition) is 2. The van der Waals surface area contributed by atoms with E-state index >= 15 is 0 Å². The van der Waals surface area contributed by atoms with Crippen molar-refractivity contribution in [2.75, 3.05) is 7.11 Å². The second-order valence-corrected chi connectivity index (χ2v) is 4.19. The van der Waals surface area contributed by atoms with Gasteiger partial charge >= 0.3 is 0 Å². The van der Waals surface area contributed by atoms with Crippen molar-refractivity contribution in [2.24, 2.45) is 0 Å². The van der Waals surface area contributed by atoms with E-state index < -0.39 is 0 Å². The summed E-state index contributed by atoms with van der Waals surface area (Å²) in [6.07, 6.45) is 3.71. The van der Waals surface area contributed by atoms with E-state index in [-0.39, 0.29) is 11.6 Å². The lowest BCUT2D eigenvalue weighted by atomic mass is 10.1. The van der Waals surface area contributed by atoms with E-state index in [1.165, 1.54) is 13.2 Å². The molecule has 0 fully saturated rings. The van der Waals surface area contributed by atoms with E-state index in [0.29, 0.717) is 11.6 Å². The number of rotatable bonds is 3. The molecule has 2 aromatic rings. The SMILES string of the molecule is COc1ccc(-n2cc(C(C)C)cn2)cc1F. The zero-order chi connectivity index (χ0) is 12.4. The maximum Gasteiger partial charge on any atom is 0.167 e. The minimum atomic E-state index is -0.383. The lowest BCUT2D eigenvalue weighted by Gasteiger charge is -2.05. The molecule has 0 aliphatic rings. The van der Waals surface area contributed by atoms with E-state index in [1.54, 1.807) is 23.0 Å². The Morgan fingerprint density at radius 2 is 2.12 bits per heavy atom. The Morgan fingerprint density at radius 3 is 2.65 bits per heavy atom. The largest absolute Gasteiger partial charge is 0.494 e. The molecule has 0 unspecified atom stereocenters. The van der Waals surface area contributed by atoms with Gasteiger partial charge in [0.2, 0.25) is 0 Å². The Hall–Kier alpha value is -1.84. The van der Waals surface area contributed by atoms with E-state index in [9.17, 15) is 4.39 Å². The van der Waals surface area contributed by atoms with Crippen LogP contribution in [0.15, 0.2) is 30.6 Å². The van der Waals surface area contributed by atoms with E-state index in [2.05, 4.69) is 18.9 Å². The molecule has 1 heterocycles. The molecule has 0 atom stereocenters. The Morgan fingerprint density at radius 1 is 1.35 bits per heavy atom. The van der Waals surface area contributed by atoms with E-state index in [1.807, 2.05) is 6.20 Å². The molecule has 0 saturated carbocycles. The monoisotopic (exact) mass is 234 g/mol. The summed E-state index contributed by atoms with van der Waals surface area (Å²) in [5.74, 6) is 0.267. The molecule has 0 aliphatic carbocycles. The van der Waals surface area contributed by atoms with Crippen LogP contribution in [0.4, 0.5) is 4.39 Å². The summed E-state index contributed by atoms with van der Waals surface area (Å²) in [5.41, 5.74) is 1.82. The Kier molecular flexibility index (Phi) is 3.13. The van der Waals surface area contributed by atoms with Gasteiger partial charge in [-0.1, -0.05) is 13.8 Å². The molecular weight excluding hydrogens is 219 g/mol. The lowest BCUT2D eigenvalue weighted by molar-refractivity contribution is 0.386. The summed E-state index contributed by atoms with van der Waals surface area (Å²) in [7, 11) is 1.45. The Bertz CT molecular complexity index is 520. The van der Waals surface area contributed by atoms with E-state index in [0.717, 1.165) is 5.56 Å². The predicted molar refractivity (Wildman–Crippen MR) is 64.2 cm³/mol. The third-order valence-corrected chi connectivity index (χ3v) is 2.67. The van der Waals surface area contributed by atoms with Crippen LogP contribution >= 0.6 is 0 Å². The third kappa shape index (κ3) is 2.30. The van der Waals surface area contributed by atoms with Crippen molar-refractivity contribution in [3.63, 3.8) is 0 Å². The third-order valence-electron chi connectivity index (χ3n) is 2.67. The van der Waals surface area contributed by atoms with Gasteiger partial charge in [-0.2, -0.15) is 5.10 Å². The fourth-order valence-corrected chi connectivity index (χ4v) is 1.57. The van der Waals surface area contributed by atoms with Crippen LogP contribution in [0.3, 0.4) is 0 Å². The number of halogens is 1. The van der Waals surface area contributed by atoms with Gasteiger partial charge in [0.1, 0.15) is 0 Å². The topological polar surface area (TPSA) is 27.1 Å². The van der Waals surface area contributed by atoms with Crippen molar-refractivity contribution in [2.45, 2.75) is 19.8 Å². The van der Waals surface area contributed by atoms with Crippen LogP contribution in [0.2, 0.25) is 0 Å². The van der Waals surface area contributed by atoms with Gasteiger partial charge in [0, 0.05) is 12.3 Å². The Balaban J connectivity index is 2.36. The Labute approximate surface area is 99.8 Å². The second kappa shape index (κ2) is 4.57. The molecule has 3 nitrogen and oxygen atoms in total. The molecule has 90 valence electrons. The first-order valence-electron chi connectivity index (χ1n) is 5.50. The molecule has 0 radical (unpaired) electrons. The number of nitrogens with zero attached hydrogens (tertiary/aromatic N) is 2. The van der Waals surface area contributed by atoms with Crippen molar-refractivity contribution >= 4 is 0 Å². The minimum absolute atomic E-state index is 0.241. The van der Waals surface area contributed by atoms with Crippen LogP contribution in [0.1, 0.15) is 25.3 Å². The molecule has 0 aliphatic heterocycles. The highest BCUT2D eigenvalue weighted by Gasteiger charge is 2.07. The van der Waals surface area contributed by atoms with Crippen molar-refractivity contribution < 1.29 is 9.13 Å². The van der Waals surface area contributed by atoms with Crippen LogP contribution in [0, 0.1) is 5.82 Å². The van der Waals surface area contributed by atoms with Gasteiger partial charge in [0.05, 0.1) is 19.0 Å². The summed E-state index contributed by atoms with van der Waals surface area (Å²) < 4.78 is 20.1. The highest BCUT2D eigenvalue weighted by Crippen LogP contribution is 2.21. The van der Waals surface area contributed by atoms with Crippen LogP contribution in [-0.2, 0) is 0 Å². The maximum atomic E-state index is 13.5. The highest BCUT2D eigenvalue weighted by molar-refractivity contribution is 5.38. The molecule has 1 aromatic carbocycles. The van der Waals surface area contributed by atoms with Gasteiger partial charge in [-0.3, -0.25) is 0 Å². The van der Waals surface area contributed by atoms with Crippen molar-refractivity contribution in [3.8, 4) is 11.4 Å². The zero-order valence-corrected chi connectivity index (χ0v) is 10.1. The molecule has 0 amide bonds. The minimum Gasteiger partial charge on any atom is -0.494 e. The normalized spacial score (nSPS) is 10.9. The van der Waals surface area contributed by atoms with Gasteiger partial charge in [-0.25, -0.2) is 9.07 Å². The van der Waals surface area contributed by atoms with E-state index in [4.69, 9.17) is 4.74 Å². The van der Waals surface area contributed by atoms with Crippen LogP contribution in [0.5, 0.6) is 5.75 Å². The van der Waals surface area contributed by atoms with Gasteiger partial charge in [0.25, 0.3) is 0 Å². The van der Waals surface area contributed by atoms with Crippen molar-refractivity contribution in [1.82, 2.24) is 9.78 Å². The maximum absolute atomic E-state index is 13.5. The van der Waals surface area contributed by atoms with Gasteiger partial charge in [0.15, 0.2) is 11.6 Å². The molecular formula is C13H15FN2O. The highest BCUT2D eigenvalue weighted by atomic mass is 19.1. The number of hydrogen-bond donors (Lipinski definition) is 0. The molecule has 0 spiro atoms. The predicted octanol–water partition coefficient (Wildman–Crippen LogP) is 3.14.